The topological polar surface area (TPSA) is 12.0 Å². The van der Waals surface area contributed by atoms with Gasteiger partial charge < -0.3 is 5.32 Å². The highest BCUT2D eigenvalue weighted by atomic mass is 14.9. The fourth-order valence-corrected chi connectivity index (χ4v) is 2.70. The monoisotopic (exact) mass is 231 g/mol. The quantitative estimate of drug-likeness (QED) is 0.783. The van der Waals surface area contributed by atoms with Gasteiger partial charge in [0.15, 0.2) is 0 Å². The van der Waals surface area contributed by atoms with Gasteiger partial charge in [-0.1, -0.05) is 37.6 Å². The van der Waals surface area contributed by atoms with Crippen LogP contribution in [0.2, 0.25) is 0 Å². The second-order valence-electron chi connectivity index (χ2n) is 5.32. The summed E-state index contributed by atoms with van der Waals surface area (Å²) in [6.45, 7) is 5.54. The van der Waals surface area contributed by atoms with Gasteiger partial charge >= 0.3 is 0 Å². The van der Waals surface area contributed by atoms with E-state index in [2.05, 4.69) is 43.4 Å². The standard InChI is InChI=1S/C16H25N/c1-3-17-13(2)11-12-15-7-4-5-10-16(15)14-8-6-9-14/h4-5,7,10,13-14,17H,3,6,8-9,11-12H2,1-2H3. The average molecular weight is 231 g/mol. The van der Waals surface area contributed by atoms with E-state index in [-0.39, 0.29) is 0 Å². The van der Waals surface area contributed by atoms with Gasteiger partial charge in [0.25, 0.3) is 0 Å². The summed E-state index contributed by atoms with van der Waals surface area (Å²) >= 11 is 0. The second kappa shape index (κ2) is 6.20. The molecule has 1 aromatic carbocycles. The zero-order valence-electron chi connectivity index (χ0n) is 11.2. The molecule has 17 heavy (non-hydrogen) atoms. The number of aryl methyl sites for hydroxylation is 1. The Morgan fingerprint density at radius 1 is 1.29 bits per heavy atom. The van der Waals surface area contributed by atoms with Gasteiger partial charge in [-0.3, -0.25) is 0 Å². The largest absolute Gasteiger partial charge is 0.315 e. The number of rotatable bonds is 6. The van der Waals surface area contributed by atoms with Gasteiger partial charge in [-0.2, -0.15) is 0 Å². The molecule has 0 spiro atoms. The molecule has 1 N–H and O–H groups in total. The molecule has 1 heteroatoms. The minimum Gasteiger partial charge on any atom is -0.315 e. The van der Waals surface area contributed by atoms with Crippen LogP contribution in [-0.2, 0) is 6.42 Å². The van der Waals surface area contributed by atoms with Crippen LogP contribution in [0.3, 0.4) is 0 Å². The van der Waals surface area contributed by atoms with Gasteiger partial charge in [-0.25, -0.2) is 0 Å². The maximum Gasteiger partial charge on any atom is 0.00417 e. The normalized spacial score (nSPS) is 17.8. The molecule has 1 unspecified atom stereocenters. The van der Waals surface area contributed by atoms with E-state index in [0.717, 1.165) is 12.5 Å². The van der Waals surface area contributed by atoms with Crippen molar-refractivity contribution in [2.45, 2.75) is 57.9 Å². The van der Waals surface area contributed by atoms with E-state index in [9.17, 15) is 0 Å². The number of nitrogens with one attached hydrogen (secondary N) is 1. The van der Waals surface area contributed by atoms with Gasteiger partial charge in [0.1, 0.15) is 0 Å². The minimum atomic E-state index is 0.634. The lowest BCUT2D eigenvalue weighted by Gasteiger charge is -2.28. The van der Waals surface area contributed by atoms with E-state index in [1.54, 1.807) is 11.1 Å². The molecule has 0 heterocycles. The molecule has 0 saturated heterocycles. The van der Waals surface area contributed by atoms with Crippen LogP contribution in [0.5, 0.6) is 0 Å². The van der Waals surface area contributed by atoms with Crippen molar-refractivity contribution in [1.29, 1.82) is 0 Å². The molecule has 1 atom stereocenters. The van der Waals surface area contributed by atoms with Crippen LogP contribution in [0.1, 0.15) is 56.6 Å². The molecular formula is C16H25N. The summed E-state index contributed by atoms with van der Waals surface area (Å²) in [4.78, 5) is 0. The highest BCUT2D eigenvalue weighted by Crippen LogP contribution is 2.38. The molecule has 1 fully saturated rings. The van der Waals surface area contributed by atoms with Gasteiger partial charge in [-0.05, 0) is 56.2 Å². The zero-order chi connectivity index (χ0) is 12.1. The fourth-order valence-electron chi connectivity index (χ4n) is 2.70. The van der Waals surface area contributed by atoms with Crippen LogP contribution in [0.4, 0.5) is 0 Å². The SMILES string of the molecule is CCNC(C)CCc1ccccc1C1CCC1. The lowest BCUT2D eigenvalue weighted by molar-refractivity contribution is 0.416. The van der Waals surface area contributed by atoms with Gasteiger partial charge in [0.05, 0.1) is 0 Å². The van der Waals surface area contributed by atoms with Crippen molar-refractivity contribution in [2.75, 3.05) is 6.54 Å². The molecule has 0 aromatic heterocycles. The second-order valence-corrected chi connectivity index (χ2v) is 5.32. The minimum absolute atomic E-state index is 0.634. The number of hydrogen-bond donors (Lipinski definition) is 1. The van der Waals surface area contributed by atoms with Crippen molar-refractivity contribution >= 4 is 0 Å². The van der Waals surface area contributed by atoms with E-state index in [0.29, 0.717) is 6.04 Å². The Hall–Kier alpha value is -0.820. The van der Waals surface area contributed by atoms with E-state index in [1.807, 2.05) is 0 Å². The fraction of sp³-hybridized carbons (Fsp3) is 0.625. The number of benzene rings is 1. The third kappa shape index (κ3) is 3.32. The molecule has 0 bridgehead atoms. The van der Waals surface area contributed by atoms with Crippen molar-refractivity contribution in [2.24, 2.45) is 0 Å². The maximum absolute atomic E-state index is 3.49. The maximum atomic E-state index is 3.49. The van der Waals surface area contributed by atoms with E-state index in [1.165, 1.54) is 32.1 Å². The molecule has 2 rings (SSSR count). The Bertz CT molecular complexity index is 341. The summed E-state index contributed by atoms with van der Waals surface area (Å²) in [5.41, 5.74) is 3.21. The smallest absolute Gasteiger partial charge is 0.00417 e. The molecule has 0 amide bonds. The predicted molar refractivity (Wildman–Crippen MR) is 74.5 cm³/mol. The average Bonchev–Trinajstić information content (AvgIpc) is 2.26. The lowest BCUT2D eigenvalue weighted by atomic mass is 9.77. The van der Waals surface area contributed by atoms with Crippen LogP contribution < -0.4 is 5.32 Å². The highest BCUT2D eigenvalue weighted by Gasteiger charge is 2.21. The molecule has 1 aromatic rings. The first kappa shape index (κ1) is 12.6. The van der Waals surface area contributed by atoms with E-state index in [4.69, 9.17) is 0 Å². The summed E-state index contributed by atoms with van der Waals surface area (Å²) in [6.07, 6.45) is 6.70. The number of hydrogen-bond acceptors (Lipinski definition) is 1. The van der Waals surface area contributed by atoms with Gasteiger partial charge in [-0.15, -0.1) is 0 Å². The molecule has 1 aliphatic rings. The molecular weight excluding hydrogens is 206 g/mol. The molecule has 0 radical (unpaired) electrons. The Labute approximate surface area is 106 Å². The summed E-state index contributed by atoms with van der Waals surface area (Å²) in [7, 11) is 0. The third-order valence-corrected chi connectivity index (χ3v) is 4.00. The van der Waals surface area contributed by atoms with Crippen molar-refractivity contribution < 1.29 is 0 Å². The predicted octanol–water partition coefficient (Wildman–Crippen LogP) is 3.88. The lowest BCUT2D eigenvalue weighted by Crippen LogP contribution is -2.26. The highest BCUT2D eigenvalue weighted by molar-refractivity contribution is 5.31. The summed E-state index contributed by atoms with van der Waals surface area (Å²) in [5.74, 6) is 0.862. The van der Waals surface area contributed by atoms with Crippen LogP contribution in [0, 0.1) is 0 Å². The van der Waals surface area contributed by atoms with Crippen molar-refractivity contribution in [3.05, 3.63) is 35.4 Å². The molecule has 0 aliphatic heterocycles. The van der Waals surface area contributed by atoms with Crippen LogP contribution in [0.15, 0.2) is 24.3 Å². The first-order valence-corrected chi connectivity index (χ1v) is 7.12. The van der Waals surface area contributed by atoms with Gasteiger partial charge in [0.2, 0.25) is 0 Å². The van der Waals surface area contributed by atoms with Crippen molar-refractivity contribution in [3.63, 3.8) is 0 Å². The Morgan fingerprint density at radius 3 is 2.71 bits per heavy atom. The summed E-state index contributed by atoms with van der Waals surface area (Å²) < 4.78 is 0. The van der Waals surface area contributed by atoms with Crippen molar-refractivity contribution in [3.8, 4) is 0 Å². The molecule has 1 nitrogen and oxygen atoms in total. The molecule has 1 aliphatic carbocycles. The Morgan fingerprint density at radius 2 is 2.06 bits per heavy atom. The van der Waals surface area contributed by atoms with E-state index >= 15 is 0 Å². The van der Waals surface area contributed by atoms with Crippen LogP contribution in [0.25, 0.3) is 0 Å². The first-order chi connectivity index (χ1) is 8.31. The summed E-state index contributed by atoms with van der Waals surface area (Å²) in [5, 5.41) is 3.49. The first-order valence-electron chi connectivity index (χ1n) is 7.12. The van der Waals surface area contributed by atoms with Crippen LogP contribution >= 0.6 is 0 Å². The van der Waals surface area contributed by atoms with Crippen molar-refractivity contribution in [1.82, 2.24) is 5.32 Å². The summed E-state index contributed by atoms with van der Waals surface area (Å²) in [6, 6.07) is 9.69. The van der Waals surface area contributed by atoms with Gasteiger partial charge in [0, 0.05) is 6.04 Å². The Balaban J connectivity index is 1.95. The Kier molecular flexibility index (Phi) is 4.61. The molecule has 1 saturated carbocycles. The zero-order valence-corrected chi connectivity index (χ0v) is 11.2. The van der Waals surface area contributed by atoms with E-state index < -0.39 is 0 Å². The third-order valence-electron chi connectivity index (χ3n) is 4.00. The van der Waals surface area contributed by atoms with Crippen LogP contribution in [-0.4, -0.2) is 12.6 Å². The molecule has 94 valence electrons.